The van der Waals surface area contributed by atoms with Crippen LogP contribution in [-0.4, -0.2) is 22.9 Å². The highest BCUT2D eigenvalue weighted by Crippen LogP contribution is 2.30. The van der Waals surface area contributed by atoms with Gasteiger partial charge in [0.25, 0.3) is 5.91 Å². The molecule has 3 N–H and O–H groups in total. The quantitative estimate of drug-likeness (QED) is 0.712. The Morgan fingerprint density at radius 2 is 1.69 bits per heavy atom. The number of carbonyl (C=O) groups is 3. The van der Waals surface area contributed by atoms with E-state index < -0.39 is 5.97 Å². The van der Waals surface area contributed by atoms with Crippen LogP contribution in [0.3, 0.4) is 0 Å². The minimum atomic E-state index is -0.837. The Morgan fingerprint density at radius 3 is 2.35 bits per heavy atom. The summed E-state index contributed by atoms with van der Waals surface area (Å²) < 4.78 is 0. The molecule has 2 aromatic carbocycles. The molecule has 6 nitrogen and oxygen atoms in total. The third-order valence-corrected chi connectivity index (χ3v) is 4.18. The van der Waals surface area contributed by atoms with E-state index in [1.165, 1.54) is 0 Å². The molecule has 134 valence electrons. The molecule has 1 fully saturated rings. The highest BCUT2D eigenvalue weighted by Gasteiger charge is 2.29. The monoisotopic (exact) mass is 352 g/mol. The van der Waals surface area contributed by atoms with Gasteiger partial charge in [0.15, 0.2) is 0 Å². The van der Waals surface area contributed by atoms with Crippen molar-refractivity contribution < 1.29 is 19.5 Å². The number of aryl methyl sites for hydroxylation is 1. The molecule has 2 amide bonds. The fourth-order valence-electron chi connectivity index (χ4n) is 2.54. The number of benzene rings is 2. The molecule has 0 unspecified atom stereocenters. The summed E-state index contributed by atoms with van der Waals surface area (Å²) in [5.74, 6) is -1.01. The maximum atomic E-state index is 12.4. The first-order valence-corrected chi connectivity index (χ1v) is 8.54. The van der Waals surface area contributed by atoms with Crippen LogP contribution in [0.2, 0.25) is 0 Å². The molecule has 0 radical (unpaired) electrons. The lowest BCUT2D eigenvalue weighted by molar-refractivity contribution is -0.137. The van der Waals surface area contributed by atoms with Gasteiger partial charge in [-0.15, -0.1) is 0 Å². The van der Waals surface area contributed by atoms with Gasteiger partial charge in [-0.05, 0) is 55.2 Å². The summed E-state index contributed by atoms with van der Waals surface area (Å²) in [6.45, 7) is 0. The first-order valence-electron chi connectivity index (χ1n) is 8.54. The number of hydrogen-bond acceptors (Lipinski definition) is 3. The molecule has 2 aromatic rings. The Hall–Kier alpha value is -3.15. The molecule has 26 heavy (non-hydrogen) atoms. The molecule has 3 rings (SSSR count). The highest BCUT2D eigenvalue weighted by atomic mass is 16.4. The van der Waals surface area contributed by atoms with Crippen molar-refractivity contribution in [2.24, 2.45) is 5.92 Å². The third kappa shape index (κ3) is 4.92. The molecule has 0 saturated heterocycles. The second kappa shape index (κ2) is 7.82. The lowest BCUT2D eigenvalue weighted by atomic mass is 10.1. The number of rotatable bonds is 7. The van der Waals surface area contributed by atoms with Crippen LogP contribution in [0.5, 0.6) is 0 Å². The van der Waals surface area contributed by atoms with E-state index in [1.807, 2.05) is 0 Å². The third-order valence-electron chi connectivity index (χ3n) is 4.18. The SMILES string of the molecule is O=C(O)CCc1ccc(NC(=O)c2cccc(NC(=O)C3CC3)c2)cc1. The average Bonchev–Trinajstić information content (AvgIpc) is 3.46. The van der Waals surface area contributed by atoms with Crippen molar-refractivity contribution in [3.63, 3.8) is 0 Å². The minimum absolute atomic E-state index is 0.000456. The van der Waals surface area contributed by atoms with Gasteiger partial charge in [0, 0.05) is 29.3 Å². The van der Waals surface area contributed by atoms with Crippen LogP contribution in [0.1, 0.15) is 35.2 Å². The van der Waals surface area contributed by atoms with Crippen LogP contribution in [-0.2, 0) is 16.0 Å². The van der Waals surface area contributed by atoms with E-state index in [0.29, 0.717) is 23.4 Å². The number of aliphatic carboxylic acids is 1. The Balaban J connectivity index is 1.60. The molecular weight excluding hydrogens is 332 g/mol. The van der Waals surface area contributed by atoms with Gasteiger partial charge in [0.05, 0.1) is 0 Å². The van der Waals surface area contributed by atoms with Gasteiger partial charge in [-0.2, -0.15) is 0 Å². The van der Waals surface area contributed by atoms with Gasteiger partial charge in [0.2, 0.25) is 5.91 Å². The largest absolute Gasteiger partial charge is 0.481 e. The van der Waals surface area contributed by atoms with Crippen molar-refractivity contribution in [1.29, 1.82) is 0 Å². The van der Waals surface area contributed by atoms with E-state index in [-0.39, 0.29) is 24.2 Å². The van der Waals surface area contributed by atoms with E-state index in [2.05, 4.69) is 10.6 Å². The molecular formula is C20H20N2O4. The molecule has 0 atom stereocenters. The molecule has 1 aliphatic rings. The lowest BCUT2D eigenvalue weighted by Crippen LogP contribution is -2.15. The van der Waals surface area contributed by atoms with Gasteiger partial charge >= 0.3 is 5.97 Å². The Bertz CT molecular complexity index is 826. The number of carboxylic acids is 1. The van der Waals surface area contributed by atoms with Gasteiger partial charge in [-0.25, -0.2) is 0 Å². The molecule has 0 aliphatic heterocycles. The summed E-state index contributed by atoms with van der Waals surface area (Å²) in [5, 5.41) is 14.3. The average molecular weight is 352 g/mol. The fourth-order valence-corrected chi connectivity index (χ4v) is 2.54. The Labute approximate surface area is 151 Å². The number of anilines is 2. The summed E-state index contributed by atoms with van der Waals surface area (Å²) in [6, 6.07) is 13.9. The van der Waals surface area contributed by atoms with E-state index in [0.717, 1.165) is 18.4 Å². The van der Waals surface area contributed by atoms with Crippen molar-refractivity contribution in [2.45, 2.75) is 25.7 Å². The van der Waals surface area contributed by atoms with Crippen molar-refractivity contribution in [1.82, 2.24) is 0 Å². The summed E-state index contributed by atoms with van der Waals surface area (Å²) in [4.78, 5) is 34.8. The summed E-state index contributed by atoms with van der Waals surface area (Å²) in [5.41, 5.74) is 2.59. The van der Waals surface area contributed by atoms with Crippen LogP contribution in [0.15, 0.2) is 48.5 Å². The first-order chi connectivity index (χ1) is 12.5. The van der Waals surface area contributed by atoms with Crippen molar-refractivity contribution in [3.8, 4) is 0 Å². The predicted molar refractivity (Wildman–Crippen MR) is 98.1 cm³/mol. The lowest BCUT2D eigenvalue weighted by Gasteiger charge is -2.09. The molecule has 0 bridgehead atoms. The molecule has 0 spiro atoms. The number of hydrogen-bond donors (Lipinski definition) is 3. The number of nitrogens with one attached hydrogen (secondary N) is 2. The van der Waals surface area contributed by atoms with Crippen molar-refractivity contribution in [3.05, 3.63) is 59.7 Å². The zero-order chi connectivity index (χ0) is 18.5. The van der Waals surface area contributed by atoms with Crippen LogP contribution in [0.4, 0.5) is 11.4 Å². The van der Waals surface area contributed by atoms with Crippen molar-refractivity contribution in [2.75, 3.05) is 10.6 Å². The molecule has 1 saturated carbocycles. The zero-order valence-electron chi connectivity index (χ0n) is 14.2. The Morgan fingerprint density at radius 1 is 0.962 bits per heavy atom. The maximum absolute atomic E-state index is 12.4. The van der Waals surface area contributed by atoms with Gasteiger partial charge < -0.3 is 15.7 Å². The van der Waals surface area contributed by atoms with Crippen LogP contribution < -0.4 is 10.6 Å². The zero-order valence-corrected chi connectivity index (χ0v) is 14.2. The minimum Gasteiger partial charge on any atom is -0.481 e. The molecule has 1 aliphatic carbocycles. The van der Waals surface area contributed by atoms with E-state index in [4.69, 9.17) is 5.11 Å². The normalized spacial score (nSPS) is 13.1. The first kappa shape index (κ1) is 17.7. The van der Waals surface area contributed by atoms with Crippen molar-refractivity contribution >= 4 is 29.2 Å². The number of carboxylic acid groups (broad SMARTS) is 1. The number of amides is 2. The topological polar surface area (TPSA) is 95.5 Å². The number of carbonyl (C=O) groups excluding carboxylic acids is 2. The molecule has 0 heterocycles. The van der Waals surface area contributed by atoms with Crippen LogP contribution >= 0.6 is 0 Å². The van der Waals surface area contributed by atoms with Gasteiger partial charge in [-0.3, -0.25) is 14.4 Å². The molecule has 6 heteroatoms. The predicted octanol–water partition coefficient (Wildman–Crippen LogP) is 3.30. The van der Waals surface area contributed by atoms with E-state index >= 15 is 0 Å². The fraction of sp³-hybridized carbons (Fsp3) is 0.250. The van der Waals surface area contributed by atoms with Crippen LogP contribution in [0, 0.1) is 5.92 Å². The standard InChI is InChI=1S/C20H20N2O4/c23-18(24)11-6-13-4-9-16(10-5-13)21-20(26)15-2-1-3-17(12-15)22-19(25)14-7-8-14/h1-5,9-10,12,14H,6-8,11H2,(H,21,26)(H,22,25)(H,23,24). The van der Waals surface area contributed by atoms with Crippen LogP contribution in [0.25, 0.3) is 0 Å². The smallest absolute Gasteiger partial charge is 0.303 e. The van der Waals surface area contributed by atoms with E-state index in [1.54, 1.807) is 48.5 Å². The highest BCUT2D eigenvalue weighted by molar-refractivity contribution is 6.05. The summed E-state index contributed by atoms with van der Waals surface area (Å²) in [6.07, 6.45) is 2.38. The van der Waals surface area contributed by atoms with E-state index in [9.17, 15) is 14.4 Å². The summed E-state index contributed by atoms with van der Waals surface area (Å²) in [7, 11) is 0. The van der Waals surface area contributed by atoms with Gasteiger partial charge in [0.1, 0.15) is 0 Å². The molecule has 0 aromatic heterocycles. The van der Waals surface area contributed by atoms with Gasteiger partial charge in [-0.1, -0.05) is 18.2 Å². The maximum Gasteiger partial charge on any atom is 0.303 e. The Kier molecular flexibility index (Phi) is 5.31. The second-order valence-corrected chi connectivity index (χ2v) is 6.39. The second-order valence-electron chi connectivity index (χ2n) is 6.39. The summed E-state index contributed by atoms with van der Waals surface area (Å²) >= 11 is 0.